The average Bonchev–Trinajstić information content (AvgIpc) is 3.30. The van der Waals surface area contributed by atoms with Gasteiger partial charge in [-0.15, -0.1) is 0 Å². The van der Waals surface area contributed by atoms with Crippen molar-refractivity contribution in [3.8, 4) is 0 Å². The van der Waals surface area contributed by atoms with E-state index in [9.17, 15) is 9.59 Å². The monoisotopic (exact) mass is 416 g/mol. The first-order valence-electron chi connectivity index (χ1n) is 11.6. The van der Waals surface area contributed by atoms with Gasteiger partial charge in [-0.2, -0.15) is 0 Å². The van der Waals surface area contributed by atoms with E-state index in [4.69, 9.17) is 14.2 Å². The number of rotatable bonds is 5. The van der Waals surface area contributed by atoms with Gasteiger partial charge in [0.05, 0.1) is 13.2 Å². The molecule has 0 radical (unpaired) electrons. The Morgan fingerprint density at radius 1 is 1.27 bits per heavy atom. The number of ether oxygens (including phenoxy) is 3. The van der Waals surface area contributed by atoms with Crippen LogP contribution in [0, 0.1) is 23.2 Å². The molecule has 0 aromatic heterocycles. The zero-order valence-corrected chi connectivity index (χ0v) is 18.9. The maximum absolute atomic E-state index is 11.7. The van der Waals surface area contributed by atoms with Gasteiger partial charge in [-0.3, -0.25) is 4.79 Å². The summed E-state index contributed by atoms with van der Waals surface area (Å²) >= 11 is 0. The molecule has 0 spiro atoms. The summed E-state index contributed by atoms with van der Waals surface area (Å²) in [5.74, 6) is 0.280. The maximum Gasteiger partial charge on any atom is 0.302 e. The standard InChI is InChI=1S/C25H36O5/c1-16-20(7-8-22(16)25(4)28-13-14-29-25)21-6-5-18-15-19(30-17(2)27)9-11-24(18,3)23(21)10-12-26/h5,12,19,21-23H,6-11,13-15H2,1-4H3. The Morgan fingerprint density at radius 3 is 2.67 bits per heavy atom. The highest BCUT2D eigenvalue weighted by molar-refractivity contribution is 5.66. The maximum atomic E-state index is 11.7. The van der Waals surface area contributed by atoms with Crippen LogP contribution < -0.4 is 0 Å². The van der Waals surface area contributed by atoms with Crippen molar-refractivity contribution in [2.24, 2.45) is 23.2 Å². The van der Waals surface area contributed by atoms with Crippen molar-refractivity contribution in [3.05, 3.63) is 22.8 Å². The van der Waals surface area contributed by atoms with Crippen molar-refractivity contribution >= 4 is 12.3 Å². The molecular weight excluding hydrogens is 380 g/mol. The van der Waals surface area contributed by atoms with Crippen molar-refractivity contribution in [1.82, 2.24) is 0 Å². The van der Waals surface area contributed by atoms with Crippen LogP contribution in [-0.4, -0.2) is 37.4 Å². The van der Waals surface area contributed by atoms with Gasteiger partial charge in [0.2, 0.25) is 0 Å². The molecule has 1 saturated heterocycles. The second-order valence-electron chi connectivity index (χ2n) is 9.98. The second-order valence-corrected chi connectivity index (χ2v) is 9.98. The van der Waals surface area contributed by atoms with Crippen LogP contribution in [0.25, 0.3) is 0 Å². The van der Waals surface area contributed by atoms with E-state index in [0.717, 1.165) is 44.8 Å². The molecule has 1 saturated carbocycles. The smallest absolute Gasteiger partial charge is 0.302 e. The van der Waals surface area contributed by atoms with E-state index in [2.05, 4.69) is 26.8 Å². The van der Waals surface area contributed by atoms with Crippen molar-refractivity contribution in [2.45, 2.75) is 84.5 Å². The predicted octanol–water partition coefficient (Wildman–Crippen LogP) is 4.75. The molecule has 4 rings (SSSR count). The van der Waals surface area contributed by atoms with Crippen LogP contribution in [0.2, 0.25) is 0 Å². The summed E-state index contributed by atoms with van der Waals surface area (Å²) in [6.45, 7) is 9.48. The van der Waals surface area contributed by atoms with Gasteiger partial charge >= 0.3 is 5.97 Å². The normalized spacial score (nSPS) is 38.2. The van der Waals surface area contributed by atoms with Crippen LogP contribution in [0.3, 0.4) is 0 Å². The fraction of sp³-hybridized carbons (Fsp3) is 0.760. The van der Waals surface area contributed by atoms with E-state index >= 15 is 0 Å². The lowest BCUT2D eigenvalue weighted by molar-refractivity contribution is -0.171. The topological polar surface area (TPSA) is 61.8 Å². The van der Waals surface area contributed by atoms with Gasteiger partial charge in [0.15, 0.2) is 5.79 Å². The summed E-state index contributed by atoms with van der Waals surface area (Å²) < 4.78 is 17.5. The lowest BCUT2D eigenvalue weighted by Crippen LogP contribution is -2.43. The SMILES string of the molecule is CC(=O)OC1CCC2(C)C(=CCC(C3=C(C)C(C4(C)OCCO4)CC3)C2CC=O)C1. The minimum absolute atomic E-state index is 0.00387. The zero-order chi connectivity index (χ0) is 21.5. The van der Waals surface area contributed by atoms with Gasteiger partial charge in [-0.25, -0.2) is 0 Å². The Morgan fingerprint density at radius 2 is 2.00 bits per heavy atom. The van der Waals surface area contributed by atoms with Crippen LogP contribution in [-0.2, 0) is 23.8 Å². The van der Waals surface area contributed by atoms with E-state index in [1.165, 1.54) is 23.6 Å². The summed E-state index contributed by atoms with van der Waals surface area (Å²) in [5, 5.41) is 0. The van der Waals surface area contributed by atoms with Gasteiger partial charge in [0, 0.05) is 25.7 Å². The Balaban J connectivity index is 1.61. The Labute approximate surface area is 180 Å². The number of carbonyl (C=O) groups is 2. The number of fused-ring (bicyclic) bond motifs is 1. The molecule has 1 aliphatic heterocycles. The fourth-order valence-electron chi connectivity index (χ4n) is 6.87. The van der Waals surface area contributed by atoms with Gasteiger partial charge < -0.3 is 19.0 Å². The summed E-state index contributed by atoms with van der Waals surface area (Å²) in [6.07, 6.45) is 9.79. The summed E-state index contributed by atoms with van der Waals surface area (Å²) in [4.78, 5) is 23.2. The molecule has 30 heavy (non-hydrogen) atoms. The first-order chi connectivity index (χ1) is 14.3. The number of carbonyl (C=O) groups excluding carboxylic acids is 2. The fourth-order valence-corrected chi connectivity index (χ4v) is 6.87. The molecule has 5 unspecified atom stereocenters. The molecule has 0 aromatic rings. The van der Waals surface area contributed by atoms with Crippen molar-refractivity contribution in [2.75, 3.05) is 13.2 Å². The molecule has 166 valence electrons. The first kappa shape index (κ1) is 21.8. The van der Waals surface area contributed by atoms with E-state index in [1.54, 1.807) is 0 Å². The van der Waals surface area contributed by atoms with Gasteiger partial charge in [0.25, 0.3) is 0 Å². The van der Waals surface area contributed by atoms with E-state index < -0.39 is 5.79 Å². The molecule has 2 fully saturated rings. The Bertz CT molecular complexity index is 760. The van der Waals surface area contributed by atoms with Crippen molar-refractivity contribution < 1.29 is 23.8 Å². The highest BCUT2D eigenvalue weighted by Crippen LogP contribution is 2.58. The molecule has 0 aromatic carbocycles. The predicted molar refractivity (Wildman–Crippen MR) is 114 cm³/mol. The molecule has 5 heteroatoms. The quantitative estimate of drug-likeness (QED) is 0.368. The lowest BCUT2D eigenvalue weighted by atomic mass is 9.54. The highest BCUT2D eigenvalue weighted by Gasteiger charge is 2.50. The lowest BCUT2D eigenvalue weighted by Gasteiger charge is -2.51. The van der Waals surface area contributed by atoms with Gasteiger partial charge in [0.1, 0.15) is 12.4 Å². The van der Waals surface area contributed by atoms with Crippen LogP contribution >= 0.6 is 0 Å². The van der Waals surface area contributed by atoms with Crippen molar-refractivity contribution in [3.63, 3.8) is 0 Å². The highest BCUT2D eigenvalue weighted by atomic mass is 16.7. The summed E-state index contributed by atoms with van der Waals surface area (Å²) in [5.41, 5.74) is 4.31. The summed E-state index contributed by atoms with van der Waals surface area (Å²) in [7, 11) is 0. The van der Waals surface area contributed by atoms with Crippen LogP contribution in [0.15, 0.2) is 22.8 Å². The largest absolute Gasteiger partial charge is 0.462 e. The number of allylic oxidation sites excluding steroid dienone is 2. The Hall–Kier alpha value is -1.46. The number of hydrogen-bond acceptors (Lipinski definition) is 5. The third-order valence-electron chi connectivity index (χ3n) is 8.44. The third kappa shape index (κ3) is 3.69. The van der Waals surface area contributed by atoms with Crippen LogP contribution in [0.4, 0.5) is 0 Å². The average molecular weight is 417 g/mol. The Kier molecular flexibility index (Phi) is 5.97. The van der Waals surface area contributed by atoms with Crippen LogP contribution in [0.5, 0.6) is 0 Å². The van der Waals surface area contributed by atoms with E-state index in [-0.39, 0.29) is 17.5 Å². The molecular formula is C25H36O5. The summed E-state index contributed by atoms with van der Waals surface area (Å²) in [6, 6.07) is 0. The van der Waals surface area contributed by atoms with Gasteiger partial charge in [-0.1, -0.05) is 29.7 Å². The first-order valence-corrected chi connectivity index (χ1v) is 11.6. The van der Waals surface area contributed by atoms with E-state index in [0.29, 0.717) is 37.4 Å². The zero-order valence-electron chi connectivity index (χ0n) is 18.9. The molecule has 1 heterocycles. The molecule has 4 aliphatic rings. The molecule has 5 nitrogen and oxygen atoms in total. The molecule has 0 N–H and O–H groups in total. The number of aldehydes is 1. The van der Waals surface area contributed by atoms with Gasteiger partial charge in [-0.05, 0) is 63.2 Å². The number of hydrogen-bond donors (Lipinski definition) is 0. The second kappa shape index (κ2) is 8.23. The van der Waals surface area contributed by atoms with Crippen LogP contribution in [0.1, 0.15) is 72.6 Å². The minimum Gasteiger partial charge on any atom is -0.462 e. The minimum atomic E-state index is -0.506. The molecule has 0 bridgehead atoms. The molecule has 5 atom stereocenters. The molecule has 3 aliphatic carbocycles. The number of esters is 1. The third-order valence-corrected chi connectivity index (χ3v) is 8.44. The van der Waals surface area contributed by atoms with Crippen molar-refractivity contribution in [1.29, 1.82) is 0 Å². The van der Waals surface area contributed by atoms with E-state index in [1.807, 2.05) is 0 Å². The molecule has 0 amide bonds.